The van der Waals surface area contributed by atoms with Crippen molar-refractivity contribution in [2.45, 2.75) is 6.42 Å². The van der Waals surface area contributed by atoms with Crippen LogP contribution in [-0.2, 0) is 4.74 Å². The molecule has 0 fully saturated rings. The minimum absolute atomic E-state index is 0.784. The fourth-order valence-corrected chi connectivity index (χ4v) is 2.02. The van der Waals surface area contributed by atoms with Gasteiger partial charge in [0.25, 0.3) is 0 Å². The summed E-state index contributed by atoms with van der Waals surface area (Å²) < 4.78 is 6.54. The molecule has 1 heterocycles. The summed E-state index contributed by atoms with van der Waals surface area (Å²) in [6.45, 7) is 1.64. The maximum absolute atomic E-state index is 5.23. The van der Waals surface area contributed by atoms with Gasteiger partial charge in [0.05, 0.1) is 13.2 Å². The van der Waals surface area contributed by atoms with Crippen LogP contribution in [0.5, 0.6) is 0 Å². The first-order valence-electron chi connectivity index (χ1n) is 2.84. The summed E-state index contributed by atoms with van der Waals surface area (Å²) in [6.07, 6.45) is 1.03. The van der Waals surface area contributed by atoms with Crippen LogP contribution in [0.3, 0.4) is 0 Å². The standard InChI is InChI=1S/C6H8Br2O/c7-3-5-4-9-2-1-6(5)8/h1-4H2. The van der Waals surface area contributed by atoms with Crippen LogP contribution in [0.4, 0.5) is 0 Å². The third-order valence-electron chi connectivity index (χ3n) is 1.29. The van der Waals surface area contributed by atoms with Crippen LogP contribution < -0.4 is 0 Å². The second kappa shape index (κ2) is 3.74. The highest BCUT2D eigenvalue weighted by atomic mass is 79.9. The van der Waals surface area contributed by atoms with E-state index in [1.54, 1.807) is 0 Å². The molecule has 9 heavy (non-hydrogen) atoms. The molecule has 1 nitrogen and oxygen atoms in total. The molecule has 1 rings (SSSR count). The van der Waals surface area contributed by atoms with Gasteiger partial charge in [0.1, 0.15) is 0 Å². The molecular weight excluding hydrogens is 248 g/mol. The Morgan fingerprint density at radius 2 is 2.33 bits per heavy atom. The van der Waals surface area contributed by atoms with Crippen molar-refractivity contribution in [1.29, 1.82) is 0 Å². The summed E-state index contributed by atoms with van der Waals surface area (Å²) in [4.78, 5) is 0. The van der Waals surface area contributed by atoms with Gasteiger partial charge in [-0.05, 0) is 10.1 Å². The lowest BCUT2D eigenvalue weighted by atomic mass is 10.2. The van der Waals surface area contributed by atoms with E-state index in [-0.39, 0.29) is 0 Å². The summed E-state index contributed by atoms with van der Waals surface area (Å²) in [5.41, 5.74) is 1.33. The van der Waals surface area contributed by atoms with E-state index in [9.17, 15) is 0 Å². The van der Waals surface area contributed by atoms with Crippen LogP contribution >= 0.6 is 31.9 Å². The van der Waals surface area contributed by atoms with Gasteiger partial charge in [-0.25, -0.2) is 0 Å². The Balaban J connectivity index is 2.59. The SMILES string of the molecule is BrCC1=C(Br)CCOC1. The normalized spacial score (nSPS) is 20.7. The van der Waals surface area contributed by atoms with Gasteiger partial charge in [-0.2, -0.15) is 0 Å². The summed E-state index contributed by atoms with van der Waals surface area (Å²) in [5, 5.41) is 0.924. The molecule has 0 N–H and O–H groups in total. The first kappa shape index (κ1) is 7.76. The zero-order valence-corrected chi connectivity index (χ0v) is 8.16. The number of rotatable bonds is 1. The Hall–Kier alpha value is 0.660. The molecule has 0 spiro atoms. The van der Waals surface area contributed by atoms with Crippen molar-refractivity contribution in [1.82, 2.24) is 0 Å². The molecule has 0 atom stereocenters. The van der Waals surface area contributed by atoms with Crippen LogP contribution in [-0.4, -0.2) is 18.5 Å². The zero-order chi connectivity index (χ0) is 6.69. The number of halogens is 2. The van der Waals surface area contributed by atoms with E-state index in [0.717, 1.165) is 25.0 Å². The third-order valence-corrected chi connectivity index (χ3v) is 2.92. The number of hydrogen-bond acceptors (Lipinski definition) is 1. The van der Waals surface area contributed by atoms with E-state index >= 15 is 0 Å². The summed E-state index contributed by atoms with van der Waals surface area (Å²) in [6, 6.07) is 0. The molecule has 1 aliphatic heterocycles. The van der Waals surface area contributed by atoms with Crippen LogP contribution in [0.2, 0.25) is 0 Å². The molecule has 0 aromatic heterocycles. The fraction of sp³-hybridized carbons (Fsp3) is 0.667. The van der Waals surface area contributed by atoms with Crippen LogP contribution in [0, 0.1) is 0 Å². The Morgan fingerprint density at radius 3 is 2.78 bits per heavy atom. The Kier molecular flexibility index (Phi) is 3.22. The van der Waals surface area contributed by atoms with Gasteiger partial charge in [-0.15, -0.1) is 0 Å². The second-order valence-corrected chi connectivity index (χ2v) is 3.46. The molecule has 0 aromatic rings. The summed E-state index contributed by atoms with van der Waals surface area (Å²) >= 11 is 6.87. The molecular formula is C6H8Br2O. The number of alkyl halides is 1. The van der Waals surface area contributed by atoms with Crippen molar-refractivity contribution in [3.05, 3.63) is 10.1 Å². The first-order chi connectivity index (χ1) is 4.34. The molecule has 0 aliphatic carbocycles. The van der Waals surface area contributed by atoms with Crippen LogP contribution in [0.15, 0.2) is 10.1 Å². The quantitative estimate of drug-likeness (QED) is 0.654. The predicted molar refractivity (Wildman–Crippen MR) is 45.2 cm³/mol. The fourth-order valence-electron chi connectivity index (χ4n) is 0.723. The molecule has 0 saturated carbocycles. The molecule has 0 saturated heterocycles. The first-order valence-corrected chi connectivity index (χ1v) is 4.76. The van der Waals surface area contributed by atoms with E-state index in [0.29, 0.717) is 0 Å². The van der Waals surface area contributed by atoms with Crippen molar-refractivity contribution >= 4 is 31.9 Å². The lowest BCUT2D eigenvalue weighted by Gasteiger charge is -2.14. The van der Waals surface area contributed by atoms with Gasteiger partial charge in [-0.3, -0.25) is 0 Å². The topological polar surface area (TPSA) is 9.23 Å². The molecule has 1 aliphatic rings. The average Bonchev–Trinajstić information content (AvgIpc) is 1.89. The number of ether oxygens (including phenoxy) is 1. The molecule has 0 unspecified atom stereocenters. The van der Waals surface area contributed by atoms with Crippen LogP contribution in [0.1, 0.15) is 6.42 Å². The molecule has 0 aromatic carbocycles. The molecule has 0 radical (unpaired) electrons. The van der Waals surface area contributed by atoms with Gasteiger partial charge >= 0.3 is 0 Å². The lowest BCUT2D eigenvalue weighted by molar-refractivity contribution is 0.150. The van der Waals surface area contributed by atoms with E-state index in [1.807, 2.05) is 0 Å². The van der Waals surface area contributed by atoms with E-state index < -0.39 is 0 Å². The maximum atomic E-state index is 5.23. The van der Waals surface area contributed by atoms with Gasteiger partial charge in [-0.1, -0.05) is 31.9 Å². The Morgan fingerprint density at radius 1 is 1.56 bits per heavy atom. The maximum Gasteiger partial charge on any atom is 0.0695 e. The minimum Gasteiger partial charge on any atom is -0.377 e. The van der Waals surface area contributed by atoms with Crippen LogP contribution in [0.25, 0.3) is 0 Å². The molecule has 0 amide bonds. The second-order valence-electron chi connectivity index (χ2n) is 1.94. The van der Waals surface area contributed by atoms with Gasteiger partial charge in [0.2, 0.25) is 0 Å². The van der Waals surface area contributed by atoms with Crippen molar-refractivity contribution in [2.75, 3.05) is 18.5 Å². The monoisotopic (exact) mass is 254 g/mol. The van der Waals surface area contributed by atoms with E-state index in [1.165, 1.54) is 10.1 Å². The van der Waals surface area contributed by atoms with Gasteiger partial charge in [0.15, 0.2) is 0 Å². The van der Waals surface area contributed by atoms with E-state index in [2.05, 4.69) is 31.9 Å². The highest BCUT2D eigenvalue weighted by Crippen LogP contribution is 2.22. The largest absolute Gasteiger partial charge is 0.377 e. The smallest absolute Gasteiger partial charge is 0.0695 e. The number of hydrogen-bond donors (Lipinski definition) is 0. The molecule has 3 heteroatoms. The highest BCUT2D eigenvalue weighted by Gasteiger charge is 2.08. The van der Waals surface area contributed by atoms with Crippen molar-refractivity contribution in [3.63, 3.8) is 0 Å². The highest BCUT2D eigenvalue weighted by molar-refractivity contribution is 9.12. The Bertz CT molecular complexity index is 131. The van der Waals surface area contributed by atoms with Crippen molar-refractivity contribution < 1.29 is 4.74 Å². The van der Waals surface area contributed by atoms with E-state index in [4.69, 9.17) is 4.74 Å². The Labute approximate surface area is 71.7 Å². The average molecular weight is 256 g/mol. The molecule has 52 valence electrons. The lowest BCUT2D eigenvalue weighted by Crippen LogP contribution is -2.09. The van der Waals surface area contributed by atoms with Gasteiger partial charge in [0, 0.05) is 11.8 Å². The van der Waals surface area contributed by atoms with Crippen molar-refractivity contribution in [3.8, 4) is 0 Å². The summed E-state index contributed by atoms with van der Waals surface area (Å²) in [7, 11) is 0. The summed E-state index contributed by atoms with van der Waals surface area (Å²) in [5.74, 6) is 0. The zero-order valence-electron chi connectivity index (χ0n) is 4.99. The van der Waals surface area contributed by atoms with Crippen molar-refractivity contribution in [2.24, 2.45) is 0 Å². The predicted octanol–water partition coefficient (Wildman–Crippen LogP) is 2.45. The molecule has 0 bridgehead atoms. The minimum atomic E-state index is 0.784. The third kappa shape index (κ3) is 2.06. The van der Waals surface area contributed by atoms with Gasteiger partial charge < -0.3 is 4.74 Å².